The molecule has 1 rings (SSSR count). The second-order valence-electron chi connectivity index (χ2n) is 5.69. The van der Waals surface area contributed by atoms with Crippen molar-refractivity contribution < 1.29 is 0 Å². The summed E-state index contributed by atoms with van der Waals surface area (Å²) >= 11 is 6.14. The third-order valence-electron chi connectivity index (χ3n) is 3.08. The molecule has 0 fully saturated rings. The smallest absolute Gasteiger partial charge is 0.224 e. The Kier molecular flexibility index (Phi) is 7.67. The van der Waals surface area contributed by atoms with Crippen molar-refractivity contribution in [1.82, 2.24) is 9.97 Å². The highest BCUT2D eigenvalue weighted by molar-refractivity contribution is 6.32. The van der Waals surface area contributed by atoms with Crippen LogP contribution in [0.3, 0.4) is 0 Å². The van der Waals surface area contributed by atoms with Gasteiger partial charge in [0.25, 0.3) is 0 Å². The van der Waals surface area contributed by atoms with Crippen molar-refractivity contribution in [2.24, 2.45) is 5.92 Å². The minimum absolute atomic E-state index is 0.361. The minimum Gasteiger partial charge on any atom is -0.366 e. The van der Waals surface area contributed by atoms with Crippen LogP contribution in [-0.2, 0) is 0 Å². The Morgan fingerprint density at radius 3 is 2.65 bits per heavy atom. The van der Waals surface area contributed by atoms with Crippen molar-refractivity contribution in [3.63, 3.8) is 0 Å². The fourth-order valence-corrected chi connectivity index (χ4v) is 2.07. The molecule has 0 spiro atoms. The molecule has 0 aliphatic rings. The van der Waals surface area contributed by atoms with Crippen LogP contribution in [-0.4, -0.2) is 22.6 Å². The van der Waals surface area contributed by atoms with Crippen molar-refractivity contribution in [3.8, 4) is 0 Å². The average Bonchev–Trinajstić information content (AvgIpc) is 2.39. The molecule has 114 valence electrons. The van der Waals surface area contributed by atoms with Crippen molar-refractivity contribution in [2.45, 2.75) is 59.4 Å². The Balaban J connectivity index is 2.52. The Bertz CT molecular complexity index is 395. The molecule has 1 atom stereocenters. The number of aromatic nitrogens is 2. The third kappa shape index (κ3) is 6.42. The van der Waals surface area contributed by atoms with Crippen LogP contribution in [0.1, 0.15) is 53.4 Å². The highest BCUT2D eigenvalue weighted by atomic mass is 35.5. The van der Waals surface area contributed by atoms with E-state index in [1.807, 2.05) is 0 Å². The SMILES string of the molecule is CCCNc1ncc(Cl)c(NC(C)CCCC(C)C)n1. The van der Waals surface area contributed by atoms with Gasteiger partial charge in [0.05, 0.1) is 6.20 Å². The van der Waals surface area contributed by atoms with Crippen LogP contribution in [0.25, 0.3) is 0 Å². The van der Waals surface area contributed by atoms with Gasteiger partial charge in [-0.05, 0) is 25.7 Å². The van der Waals surface area contributed by atoms with E-state index >= 15 is 0 Å². The Morgan fingerprint density at radius 1 is 1.25 bits per heavy atom. The summed E-state index contributed by atoms with van der Waals surface area (Å²) in [6.45, 7) is 9.65. The quantitative estimate of drug-likeness (QED) is 0.700. The van der Waals surface area contributed by atoms with Crippen LogP contribution in [0.15, 0.2) is 6.20 Å². The summed E-state index contributed by atoms with van der Waals surface area (Å²) in [6.07, 6.45) is 6.29. The molecule has 1 aromatic rings. The van der Waals surface area contributed by atoms with Gasteiger partial charge in [-0.2, -0.15) is 4.98 Å². The van der Waals surface area contributed by atoms with Gasteiger partial charge < -0.3 is 10.6 Å². The Morgan fingerprint density at radius 2 is 2.00 bits per heavy atom. The Labute approximate surface area is 127 Å². The predicted octanol–water partition coefficient (Wildman–Crippen LogP) is 4.58. The molecule has 1 unspecified atom stereocenters. The van der Waals surface area contributed by atoms with Gasteiger partial charge >= 0.3 is 0 Å². The number of anilines is 2. The highest BCUT2D eigenvalue weighted by Gasteiger charge is 2.09. The second kappa shape index (κ2) is 9.01. The van der Waals surface area contributed by atoms with Crippen LogP contribution in [0, 0.1) is 5.92 Å². The molecule has 0 aliphatic carbocycles. The van der Waals surface area contributed by atoms with E-state index in [0.717, 1.165) is 31.1 Å². The van der Waals surface area contributed by atoms with E-state index in [1.165, 1.54) is 12.8 Å². The van der Waals surface area contributed by atoms with E-state index in [-0.39, 0.29) is 0 Å². The van der Waals surface area contributed by atoms with Gasteiger partial charge in [-0.3, -0.25) is 0 Å². The molecule has 0 radical (unpaired) electrons. The summed E-state index contributed by atoms with van der Waals surface area (Å²) < 4.78 is 0. The lowest BCUT2D eigenvalue weighted by atomic mass is 10.0. The third-order valence-corrected chi connectivity index (χ3v) is 3.36. The van der Waals surface area contributed by atoms with Crippen molar-refractivity contribution in [2.75, 3.05) is 17.2 Å². The molecule has 0 bridgehead atoms. The standard InChI is InChI=1S/C15H27ClN4/c1-5-9-17-15-18-10-13(16)14(20-15)19-12(4)8-6-7-11(2)3/h10-12H,5-9H2,1-4H3,(H2,17,18,19,20). The van der Waals surface area contributed by atoms with Gasteiger partial charge in [0.2, 0.25) is 5.95 Å². The van der Waals surface area contributed by atoms with E-state index in [9.17, 15) is 0 Å². The molecule has 1 aromatic heterocycles. The van der Waals surface area contributed by atoms with E-state index < -0.39 is 0 Å². The second-order valence-corrected chi connectivity index (χ2v) is 6.09. The predicted molar refractivity (Wildman–Crippen MR) is 87.6 cm³/mol. The molecule has 1 heterocycles. The molecule has 20 heavy (non-hydrogen) atoms. The molecular formula is C15H27ClN4. The van der Waals surface area contributed by atoms with Crippen LogP contribution < -0.4 is 10.6 Å². The molecule has 5 heteroatoms. The fourth-order valence-electron chi connectivity index (χ4n) is 1.93. The van der Waals surface area contributed by atoms with E-state index in [0.29, 0.717) is 17.0 Å². The summed E-state index contributed by atoms with van der Waals surface area (Å²) in [6, 6.07) is 0.361. The zero-order valence-electron chi connectivity index (χ0n) is 13.0. The van der Waals surface area contributed by atoms with Gasteiger partial charge in [0.1, 0.15) is 5.02 Å². The zero-order valence-corrected chi connectivity index (χ0v) is 13.8. The summed E-state index contributed by atoms with van der Waals surface area (Å²) in [7, 11) is 0. The van der Waals surface area contributed by atoms with E-state index in [4.69, 9.17) is 11.6 Å². The molecule has 0 aliphatic heterocycles. The topological polar surface area (TPSA) is 49.8 Å². The summed E-state index contributed by atoms with van der Waals surface area (Å²) in [4.78, 5) is 8.60. The van der Waals surface area contributed by atoms with Crippen molar-refractivity contribution >= 4 is 23.4 Å². The highest BCUT2D eigenvalue weighted by Crippen LogP contribution is 2.21. The van der Waals surface area contributed by atoms with Crippen LogP contribution >= 0.6 is 11.6 Å². The lowest BCUT2D eigenvalue weighted by molar-refractivity contribution is 0.520. The summed E-state index contributed by atoms with van der Waals surface area (Å²) in [5.41, 5.74) is 0. The van der Waals surface area contributed by atoms with E-state index in [2.05, 4.69) is 48.3 Å². The molecule has 0 saturated carbocycles. The van der Waals surface area contributed by atoms with Gasteiger partial charge in [-0.15, -0.1) is 0 Å². The largest absolute Gasteiger partial charge is 0.366 e. The van der Waals surface area contributed by atoms with Gasteiger partial charge in [0.15, 0.2) is 5.82 Å². The first-order valence-electron chi connectivity index (χ1n) is 7.55. The summed E-state index contributed by atoms with van der Waals surface area (Å²) in [5.74, 6) is 2.11. The molecule has 4 nitrogen and oxygen atoms in total. The maximum absolute atomic E-state index is 6.14. The number of hydrogen-bond donors (Lipinski definition) is 2. The maximum atomic E-state index is 6.14. The maximum Gasteiger partial charge on any atom is 0.224 e. The number of nitrogens with zero attached hydrogens (tertiary/aromatic N) is 2. The van der Waals surface area contributed by atoms with Gasteiger partial charge in [-0.1, -0.05) is 45.2 Å². The van der Waals surface area contributed by atoms with Crippen LogP contribution in [0.4, 0.5) is 11.8 Å². The average molecular weight is 299 g/mol. The normalized spacial score (nSPS) is 12.5. The van der Waals surface area contributed by atoms with Gasteiger partial charge in [-0.25, -0.2) is 4.98 Å². The summed E-state index contributed by atoms with van der Waals surface area (Å²) in [5, 5.41) is 7.12. The molecular weight excluding hydrogens is 272 g/mol. The first-order chi connectivity index (χ1) is 9.52. The van der Waals surface area contributed by atoms with E-state index in [1.54, 1.807) is 6.20 Å². The molecule has 0 aromatic carbocycles. The fraction of sp³-hybridized carbons (Fsp3) is 0.733. The number of rotatable bonds is 9. The first-order valence-corrected chi connectivity index (χ1v) is 7.93. The Hall–Kier alpha value is -1.03. The number of halogens is 1. The van der Waals surface area contributed by atoms with Gasteiger partial charge in [0, 0.05) is 12.6 Å². The molecule has 2 N–H and O–H groups in total. The number of hydrogen-bond acceptors (Lipinski definition) is 4. The minimum atomic E-state index is 0.361. The molecule has 0 saturated heterocycles. The van der Waals surface area contributed by atoms with Crippen molar-refractivity contribution in [1.29, 1.82) is 0 Å². The number of nitrogens with one attached hydrogen (secondary N) is 2. The first kappa shape index (κ1) is 17.0. The lowest BCUT2D eigenvalue weighted by Crippen LogP contribution is -2.17. The van der Waals surface area contributed by atoms with Crippen molar-refractivity contribution in [3.05, 3.63) is 11.2 Å². The van der Waals surface area contributed by atoms with Crippen LogP contribution in [0.5, 0.6) is 0 Å². The van der Waals surface area contributed by atoms with Crippen LogP contribution in [0.2, 0.25) is 5.02 Å². The zero-order chi connectivity index (χ0) is 15.0. The lowest BCUT2D eigenvalue weighted by Gasteiger charge is -2.16. The molecule has 0 amide bonds. The monoisotopic (exact) mass is 298 g/mol.